The van der Waals surface area contributed by atoms with Gasteiger partial charge in [-0.05, 0) is 54.7 Å². The Balaban J connectivity index is 1.81. The van der Waals surface area contributed by atoms with E-state index in [4.69, 9.17) is 5.26 Å². The van der Waals surface area contributed by atoms with Crippen LogP contribution in [0.4, 0.5) is 10.1 Å². The molecule has 0 aromatic heterocycles. The first-order valence-electron chi connectivity index (χ1n) is 6.90. The number of nitrogens with zero attached hydrogens (tertiary/aromatic N) is 1. The summed E-state index contributed by atoms with van der Waals surface area (Å²) >= 11 is 3.49. The van der Waals surface area contributed by atoms with E-state index in [0.29, 0.717) is 5.69 Å². The summed E-state index contributed by atoms with van der Waals surface area (Å²) in [6, 6.07) is 13.2. The van der Waals surface area contributed by atoms with E-state index in [1.54, 1.807) is 12.1 Å². The van der Waals surface area contributed by atoms with E-state index >= 15 is 0 Å². The van der Waals surface area contributed by atoms with Gasteiger partial charge in [0.25, 0.3) is 0 Å². The zero-order chi connectivity index (χ0) is 14.8. The van der Waals surface area contributed by atoms with Crippen LogP contribution in [0.25, 0.3) is 0 Å². The van der Waals surface area contributed by atoms with E-state index in [9.17, 15) is 4.39 Å². The maximum Gasteiger partial charge on any atom is 0.143 e. The molecule has 1 N–H and O–H groups in total. The van der Waals surface area contributed by atoms with Crippen molar-refractivity contribution >= 4 is 21.6 Å². The van der Waals surface area contributed by atoms with E-state index in [0.717, 1.165) is 23.7 Å². The van der Waals surface area contributed by atoms with Gasteiger partial charge in [-0.3, -0.25) is 0 Å². The van der Waals surface area contributed by atoms with Crippen molar-refractivity contribution in [1.29, 1.82) is 5.26 Å². The van der Waals surface area contributed by atoms with Gasteiger partial charge in [-0.1, -0.05) is 28.1 Å². The summed E-state index contributed by atoms with van der Waals surface area (Å²) in [5, 5.41) is 12.4. The lowest BCUT2D eigenvalue weighted by Crippen LogP contribution is -2.27. The summed E-state index contributed by atoms with van der Waals surface area (Å²) in [6.07, 6.45) is 2.86. The van der Waals surface area contributed by atoms with Crippen LogP contribution >= 0.6 is 15.9 Å². The lowest BCUT2D eigenvalue weighted by atomic mass is 9.88. The largest absolute Gasteiger partial charge is 0.381 e. The first kappa shape index (κ1) is 14.1. The maximum absolute atomic E-state index is 13.6. The van der Waals surface area contributed by atoms with Gasteiger partial charge in [-0.25, -0.2) is 4.39 Å². The van der Waals surface area contributed by atoms with Gasteiger partial charge in [0.1, 0.15) is 17.4 Å². The molecule has 0 bridgehead atoms. The maximum atomic E-state index is 13.6. The Morgan fingerprint density at radius 1 is 1.24 bits per heavy atom. The number of benzene rings is 2. The first-order valence-corrected chi connectivity index (χ1v) is 7.69. The average molecular weight is 345 g/mol. The fraction of sp³-hybridized carbons (Fsp3) is 0.235. The van der Waals surface area contributed by atoms with Crippen molar-refractivity contribution < 1.29 is 4.39 Å². The van der Waals surface area contributed by atoms with Gasteiger partial charge in [0.2, 0.25) is 0 Å². The molecule has 3 rings (SSSR count). The molecule has 4 heteroatoms. The van der Waals surface area contributed by atoms with Gasteiger partial charge in [0.05, 0.1) is 5.69 Å². The molecule has 2 aromatic carbocycles. The molecule has 0 heterocycles. The highest BCUT2D eigenvalue weighted by molar-refractivity contribution is 9.10. The lowest BCUT2D eigenvalue weighted by Gasteiger charge is -2.27. The van der Waals surface area contributed by atoms with Crippen LogP contribution in [0.1, 0.15) is 23.1 Å². The molecule has 1 unspecified atom stereocenters. The second-order valence-corrected chi connectivity index (χ2v) is 6.19. The first-order chi connectivity index (χ1) is 10.2. The van der Waals surface area contributed by atoms with Gasteiger partial charge < -0.3 is 5.32 Å². The number of halogens is 2. The summed E-state index contributed by atoms with van der Waals surface area (Å²) in [5.41, 5.74) is 3.36. The fourth-order valence-corrected chi connectivity index (χ4v) is 3.23. The molecule has 1 aliphatic rings. The van der Waals surface area contributed by atoms with Gasteiger partial charge in [0, 0.05) is 10.5 Å². The molecule has 2 aromatic rings. The van der Waals surface area contributed by atoms with Gasteiger partial charge in [0.15, 0.2) is 0 Å². The van der Waals surface area contributed by atoms with Crippen LogP contribution in [-0.4, -0.2) is 6.04 Å². The Morgan fingerprint density at radius 2 is 2.10 bits per heavy atom. The van der Waals surface area contributed by atoms with Crippen LogP contribution in [0.2, 0.25) is 0 Å². The summed E-state index contributed by atoms with van der Waals surface area (Å²) < 4.78 is 14.7. The Labute approximate surface area is 131 Å². The highest BCUT2D eigenvalue weighted by atomic mass is 79.9. The molecule has 0 aliphatic heterocycles. The molecule has 0 spiro atoms. The number of nitriles is 1. The molecule has 2 nitrogen and oxygen atoms in total. The lowest BCUT2D eigenvalue weighted by molar-refractivity contribution is 0.605. The highest BCUT2D eigenvalue weighted by Gasteiger charge is 2.20. The van der Waals surface area contributed by atoms with Crippen molar-refractivity contribution in [1.82, 2.24) is 0 Å². The second-order valence-electron chi connectivity index (χ2n) is 5.27. The SMILES string of the molecule is N#Cc1c(F)cccc1NC1CCc2cc(Br)ccc2C1. The smallest absolute Gasteiger partial charge is 0.143 e. The van der Waals surface area contributed by atoms with Crippen LogP contribution < -0.4 is 5.32 Å². The van der Waals surface area contributed by atoms with Crippen molar-refractivity contribution in [3.63, 3.8) is 0 Å². The third-order valence-corrected chi connectivity index (χ3v) is 4.38. The Hall–Kier alpha value is -1.86. The Kier molecular flexibility index (Phi) is 3.94. The van der Waals surface area contributed by atoms with Crippen molar-refractivity contribution in [2.24, 2.45) is 0 Å². The summed E-state index contributed by atoms with van der Waals surface area (Å²) in [7, 11) is 0. The number of anilines is 1. The zero-order valence-corrected chi connectivity index (χ0v) is 13.0. The number of nitrogens with one attached hydrogen (secondary N) is 1. The van der Waals surface area contributed by atoms with E-state index in [1.165, 1.54) is 17.2 Å². The average Bonchev–Trinajstić information content (AvgIpc) is 2.48. The summed E-state index contributed by atoms with van der Waals surface area (Å²) in [5.74, 6) is -0.470. The molecular weight excluding hydrogens is 331 g/mol. The third-order valence-electron chi connectivity index (χ3n) is 3.88. The van der Waals surface area contributed by atoms with Crippen molar-refractivity contribution in [2.75, 3.05) is 5.32 Å². The number of rotatable bonds is 2. The van der Waals surface area contributed by atoms with E-state index in [-0.39, 0.29) is 11.6 Å². The predicted molar refractivity (Wildman–Crippen MR) is 84.7 cm³/mol. The predicted octanol–water partition coefficient (Wildman–Crippen LogP) is 4.43. The Bertz CT molecular complexity index is 721. The number of aryl methyl sites for hydroxylation is 1. The minimum absolute atomic E-state index is 0.0964. The monoisotopic (exact) mass is 344 g/mol. The normalized spacial score (nSPS) is 16.9. The second kappa shape index (κ2) is 5.87. The number of fused-ring (bicyclic) bond motifs is 1. The van der Waals surface area contributed by atoms with Crippen LogP contribution in [-0.2, 0) is 12.8 Å². The fourth-order valence-electron chi connectivity index (χ4n) is 2.82. The van der Waals surface area contributed by atoms with Crippen molar-refractivity contribution in [3.05, 3.63) is 63.4 Å². The zero-order valence-electron chi connectivity index (χ0n) is 11.4. The number of hydrogen-bond acceptors (Lipinski definition) is 2. The number of hydrogen-bond donors (Lipinski definition) is 1. The van der Waals surface area contributed by atoms with Crippen molar-refractivity contribution in [2.45, 2.75) is 25.3 Å². The molecule has 0 radical (unpaired) electrons. The van der Waals surface area contributed by atoms with E-state index in [2.05, 4.69) is 33.4 Å². The van der Waals surface area contributed by atoms with Gasteiger partial charge in [-0.15, -0.1) is 0 Å². The molecule has 1 atom stereocenters. The van der Waals surface area contributed by atoms with Crippen LogP contribution in [0.3, 0.4) is 0 Å². The third kappa shape index (κ3) is 2.93. The minimum atomic E-state index is -0.470. The molecule has 0 fully saturated rings. The van der Waals surface area contributed by atoms with Crippen molar-refractivity contribution in [3.8, 4) is 6.07 Å². The molecule has 0 saturated carbocycles. The standard InChI is InChI=1S/C17H14BrFN2/c18-13-6-4-12-9-14(7-5-11(12)8-13)21-17-3-1-2-16(19)15(17)10-20/h1-4,6,8,14,21H,5,7,9H2. The molecule has 21 heavy (non-hydrogen) atoms. The molecule has 1 aliphatic carbocycles. The van der Waals surface area contributed by atoms with Crippen LogP contribution in [0.15, 0.2) is 40.9 Å². The van der Waals surface area contributed by atoms with Crippen LogP contribution in [0.5, 0.6) is 0 Å². The molecule has 0 amide bonds. The summed E-state index contributed by atoms with van der Waals surface area (Å²) in [4.78, 5) is 0. The minimum Gasteiger partial charge on any atom is -0.381 e. The van der Waals surface area contributed by atoms with E-state index < -0.39 is 5.82 Å². The summed E-state index contributed by atoms with van der Waals surface area (Å²) in [6.45, 7) is 0. The van der Waals surface area contributed by atoms with Gasteiger partial charge >= 0.3 is 0 Å². The topological polar surface area (TPSA) is 35.8 Å². The molecular formula is C17H14BrFN2. The molecule has 106 valence electrons. The molecule has 0 saturated heterocycles. The highest BCUT2D eigenvalue weighted by Crippen LogP contribution is 2.27. The van der Waals surface area contributed by atoms with Gasteiger partial charge in [-0.2, -0.15) is 5.26 Å². The Morgan fingerprint density at radius 3 is 2.90 bits per heavy atom. The van der Waals surface area contributed by atoms with Crippen LogP contribution in [0, 0.1) is 17.1 Å². The van der Waals surface area contributed by atoms with E-state index in [1.807, 2.05) is 12.1 Å². The quantitative estimate of drug-likeness (QED) is 0.874.